The molecule has 0 saturated carbocycles. The van der Waals surface area contributed by atoms with Crippen LogP contribution in [0.1, 0.15) is 18.4 Å². The fraction of sp³-hybridized carbons (Fsp3) is 0.500. The first kappa shape index (κ1) is 15.5. The Balaban J connectivity index is 2.08. The summed E-state index contributed by atoms with van der Waals surface area (Å²) in [5, 5.41) is 2.68. The van der Waals surface area contributed by atoms with Crippen LogP contribution in [0.5, 0.6) is 0 Å². The van der Waals surface area contributed by atoms with Gasteiger partial charge in [0, 0.05) is 27.2 Å². The van der Waals surface area contributed by atoms with E-state index in [9.17, 15) is 4.79 Å². The molecule has 0 aliphatic rings. The van der Waals surface area contributed by atoms with Gasteiger partial charge >= 0.3 is 6.09 Å². The van der Waals surface area contributed by atoms with Gasteiger partial charge in [-0.3, -0.25) is 0 Å². The highest BCUT2D eigenvalue weighted by Gasteiger charge is 2.06. The minimum Gasteiger partial charge on any atom is -0.445 e. The van der Waals surface area contributed by atoms with Gasteiger partial charge in [-0.25, -0.2) is 4.79 Å². The third kappa shape index (κ3) is 6.79. The maximum atomic E-state index is 11.4. The molecule has 1 amide bonds. The number of ether oxygens (including phenoxy) is 3. The van der Waals surface area contributed by atoms with E-state index in [0.717, 1.165) is 18.4 Å². The zero-order chi connectivity index (χ0) is 13.9. The van der Waals surface area contributed by atoms with Gasteiger partial charge < -0.3 is 19.5 Å². The van der Waals surface area contributed by atoms with Gasteiger partial charge in [-0.05, 0) is 12.0 Å². The topological polar surface area (TPSA) is 56.8 Å². The summed E-state index contributed by atoms with van der Waals surface area (Å²) >= 11 is 0. The summed E-state index contributed by atoms with van der Waals surface area (Å²) in [4.78, 5) is 11.4. The normalized spacial score (nSPS) is 10.5. The Bertz CT molecular complexity index is 352. The van der Waals surface area contributed by atoms with Crippen molar-refractivity contribution < 1.29 is 19.0 Å². The smallest absolute Gasteiger partial charge is 0.407 e. The molecule has 19 heavy (non-hydrogen) atoms. The fourth-order valence-corrected chi connectivity index (χ4v) is 1.57. The standard InChI is InChI=1S/C14H21NO4/c1-17-13(18-2)9-6-10-15-14(16)19-11-12-7-4-3-5-8-12/h3-5,7-8,13H,6,9-11H2,1-2H3,(H,15,16). The number of carbonyl (C=O) groups is 1. The summed E-state index contributed by atoms with van der Waals surface area (Å²) in [6, 6.07) is 9.56. The zero-order valence-electron chi connectivity index (χ0n) is 11.4. The van der Waals surface area contributed by atoms with E-state index in [1.165, 1.54) is 0 Å². The van der Waals surface area contributed by atoms with Crippen molar-refractivity contribution >= 4 is 6.09 Å². The number of hydrogen-bond donors (Lipinski definition) is 1. The molecule has 0 fully saturated rings. The fourth-order valence-electron chi connectivity index (χ4n) is 1.57. The van der Waals surface area contributed by atoms with Crippen molar-refractivity contribution in [1.29, 1.82) is 0 Å². The summed E-state index contributed by atoms with van der Waals surface area (Å²) in [6.45, 7) is 0.822. The van der Waals surface area contributed by atoms with Crippen LogP contribution in [0.15, 0.2) is 30.3 Å². The molecule has 0 unspecified atom stereocenters. The SMILES string of the molecule is COC(CCCNC(=O)OCc1ccccc1)OC. The average molecular weight is 267 g/mol. The van der Waals surface area contributed by atoms with Crippen LogP contribution in [0.4, 0.5) is 4.79 Å². The van der Waals surface area contributed by atoms with E-state index in [1.54, 1.807) is 14.2 Å². The van der Waals surface area contributed by atoms with E-state index in [2.05, 4.69) is 5.32 Å². The molecule has 1 rings (SSSR count). The molecule has 0 atom stereocenters. The second-order valence-corrected chi connectivity index (χ2v) is 4.03. The number of nitrogens with one attached hydrogen (secondary N) is 1. The largest absolute Gasteiger partial charge is 0.445 e. The third-order valence-electron chi connectivity index (χ3n) is 2.62. The summed E-state index contributed by atoms with van der Waals surface area (Å²) in [5.41, 5.74) is 0.969. The van der Waals surface area contributed by atoms with Gasteiger partial charge in [-0.2, -0.15) is 0 Å². The molecule has 0 saturated heterocycles. The number of alkyl carbamates (subject to hydrolysis) is 1. The van der Waals surface area contributed by atoms with Crippen LogP contribution in [0.3, 0.4) is 0 Å². The van der Waals surface area contributed by atoms with Crippen molar-refractivity contribution in [2.24, 2.45) is 0 Å². The molecule has 0 bridgehead atoms. The molecule has 0 aromatic heterocycles. The van der Waals surface area contributed by atoms with Gasteiger partial charge in [0.15, 0.2) is 6.29 Å². The molecular formula is C14H21NO4. The zero-order valence-corrected chi connectivity index (χ0v) is 11.4. The van der Waals surface area contributed by atoms with Crippen LogP contribution in [0.2, 0.25) is 0 Å². The van der Waals surface area contributed by atoms with Crippen LogP contribution in [0.25, 0.3) is 0 Å². The molecule has 0 radical (unpaired) electrons. The first-order chi connectivity index (χ1) is 9.26. The van der Waals surface area contributed by atoms with Gasteiger partial charge in [0.1, 0.15) is 6.61 Å². The van der Waals surface area contributed by atoms with E-state index < -0.39 is 6.09 Å². The van der Waals surface area contributed by atoms with Crippen molar-refractivity contribution in [2.45, 2.75) is 25.7 Å². The van der Waals surface area contributed by atoms with Crippen LogP contribution in [-0.4, -0.2) is 33.1 Å². The number of carbonyl (C=O) groups excluding carboxylic acids is 1. The van der Waals surface area contributed by atoms with Gasteiger partial charge in [0.25, 0.3) is 0 Å². The van der Waals surface area contributed by atoms with Crippen LogP contribution >= 0.6 is 0 Å². The monoisotopic (exact) mass is 267 g/mol. The van der Waals surface area contributed by atoms with Crippen molar-refractivity contribution in [3.05, 3.63) is 35.9 Å². The molecule has 1 aromatic carbocycles. The highest BCUT2D eigenvalue weighted by molar-refractivity contribution is 5.67. The van der Waals surface area contributed by atoms with Crippen LogP contribution in [-0.2, 0) is 20.8 Å². The summed E-state index contributed by atoms with van der Waals surface area (Å²) in [7, 11) is 3.19. The first-order valence-corrected chi connectivity index (χ1v) is 6.26. The van der Waals surface area contributed by atoms with Crippen LogP contribution in [0, 0.1) is 0 Å². The third-order valence-corrected chi connectivity index (χ3v) is 2.62. The lowest BCUT2D eigenvalue weighted by Gasteiger charge is -2.13. The minimum atomic E-state index is -0.407. The number of rotatable bonds is 8. The lowest BCUT2D eigenvalue weighted by atomic mass is 10.2. The van der Waals surface area contributed by atoms with E-state index >= 15 is 0 Å². The van der Waals surface area contributed by atoms with Crippen LogP contribution < -0.4 is 5.32 Å². The second kappa shape index (κ2) is 9.35. The van der Waals surface area contributed by atoms with E-state index in [0.29, 0.717) is 6.54 Å². The Morgan fingerprint density at radius 3 is 2.53 bits per heavy atom. The maximum absolute atomic E-state index is 11.4. The molecule has 5 nitrogen and oxygen atoms in total. The number of methoxy groups -OCH3 is 2. The molecule has 1 N–H and O–H groups in total. The van der Waals surface area contributed by atoms with Crippen molar-refractivity contribution in [1.82, 2.24) is 5.32 Å². The van der Waals surface area contributed by atoms with Gasteiger partial charge in [0.05, 0.1) is 0 Å². The maximum Gasteiger partial charge on any atom is 0.407 e. The predicted molar refractivity (Wildman–Crippen MR) is 71.7 cm³/mol. The molecular weight excluding hydrogens is 246 g/mol. The van der Waals surface area contributed by atoms with Crippen molar-refractivity contribution in [3.8, 4) is 0 Å². The first-order valence-electron chi connectivity index (χ1n) is 6.26. The molecule has 0 aliphatic heterocycles. The second-order valence-electron chi connectivity index (χ2n) is 4.03. The average Bonchev–Trinajstić information content (AvgIpc) is 2.46. The number of amides is 1. The lowest BCUT2D eigenvalue weighted by molar-refractivity contribution is -0.106. The van der Waals surface area contributed by atoms with Gasteiger partial charge in [0.2, 0.25) is 0 Å². The van der Waals surface area contributed by atoms with Crippen molar-refractivity contribution in [2.75, 3.05) is 20.8 Å². The molecule has 1 aromatic rings. The summed E-state index contributed by atoms with van der Waals surface area (Å²) in [5.74, 6) is 0. The van der Waals surface area contributed by atoms with E-state index in [1.807, 2.05) is 30.3 Å². The molecule has 106 valence electrons. The van der Waals surface area contributed by atoms with Gasteiger partial charge in [-0.1, -0.05) is 30.3 Å². The van der Waals surface area contributed by atoms with E-state index in [4.69, 9.17) is 14.2 Å². The molecule has 0 aliphatic carbocycles. The lowest BCUT2D eigenvalue weighted by Crippen LogP contribution is -2.26. The Kier molecular flexibility index (Phi) is 7.62. The quantitative estimate of drug-likeness (QED) is 0.580. The molecule has 5 heteroatoms. The minimum absolute atomic E-state index is 0.220. The summed E-state index contributed by atoms with van der Waals surface area (Å²) in [6.07, 6.45) is 0.871. The van der Waals surface area contributed by atoms with E-state index in [-0.39, 0.29) is 12.9 Å². The predicted octanol–water partition coefficient (Wildman–Crippen LogP) is 2.31. The van der Waals surface area contributed by atoms with Gasteiger partial charge in [-0.15, -0.1) is 0 Å². The van der Waals surface area contributed by atoms with Crippen molar-refractivity contribution in [3.63, 3.8) is 0 Å². The highest BCUT2D eigenvalue weighted by Crippen LogP contribution is 2.02. The number of benzene rings is 1. The Hall–Kier alpha value is -1.59. The Morgan fingerprint density at radius 2 is 1.89 bits per heavy atom. The Morgan fingerprint density at radius 1 is 1.21 bits per heavy atom. The Labute approximate surface area is 113 Å². The molecule has 0 spiro atoms. The molecule has 0 heterocycles. The number of hydrogen-bond acceptors (Lipinski definition) is 4. The summed E-state index contributed by atoms with van der Waals surface area (Å²) < 4.78 is 15.2. The highest BCUT2D eigenvalue weighted by atomic mass is 16.7.